The average Bonchev–Trinajstić information content (AvgIpc) is 2.37. The number of aliphatic hydroxyl groups is 2. The number of nitrogens with one attached hydrogen (secondary N) is 2. The quantitative estimate of drug-likeness (QED) is 0.436. The number of amides is 2. The number of hydrogen-bond acceptors (Lipinski definition) is 5. The zero-order valence-electron chi connectivity index (χ0n) is 14.3. The van der Waals surface area contributed by atoms with Gasteiger partial charge in [-0.25, -0.2) is 4.79 Å². The van der Waals surface area contributed by atoms with E-state index < -0.39 is 18.3 Å². The number of hydrogen-bond donors (Lipinski definition) is 6. The normalized spacial score (nSPS) is 11.2. The number of carbonyl (C=O) groups is 1. The largest absolute Gasteiger partial charge is 0.488 e. The molecule has 0 radical (unpaired) electrons. The molecule has 0 fully saturated rings. The fourth-order valence-corrected chi connectivity index (χ4v) is 1.07. The van der Waals surface area contributed by atoms with Crippen LogP contribution < -0.4 is 16.1 Å². The van der Waals surface area contributed by atoms with Crippen LogP contribution >= 0.6 is 0 Å². The minimum absolute atomic E-state index is 0.283. The number of benzene rings is 1. The van der Waals surface area contributed by atoms with Gasteiger partial charge in [0.05, 0.1) is 11.2 Å². The maximum atomic E-state index is 11.1. The minimum Gasteiger partial charge on any atom is -0.423 e. The van der Waals surface area contributed by atoms with Gasteiger partial charge in [0, 0.05) is 12.2 Å². The molecule has 130 valence electrons. The molecule has 7 nitrogen and oxygen atoms in total. The fraction of sp³-hybridized carbons (Fsp3) is 0.533. The summed E-state index contributed by atoms with van der Waals surface area (Å²) in [6, 6.07) is 5.99. The monoisotopic (exact) mass is 326 g/mol. The number of anilines is 1. The lowest BCUT2D eigenvalue weighted by molar-refractivity contribution is -0.107. The molecule has 0 aliphatic carbocycles. The second-order valence-electron chi connectivity index (χ2n) is 6.10. The summed E-state index contributed by atoms with van der Waals surface area (Å²) in [4.78, 5) is 11.1. The molecule has 1 rings (SSSR count). The van der Waals surface area contributed by atoms with Crippen molar-refractivity contribution in [3.05, 3.63) is 24.3 Å². The lowest BCUT2D eigenvalue weighted by Gasteiger charge is -2.31. The van der Waals surface area contributed by atoms with E-state index in [9.17, 15) is 4.79 Å². The van der Waals surface area contributed by atoms with Gasteiger partial charge in [-0.2, -0.15) is 0 Å². The van der Waals surface area contributed by atoms with Crippen LogP contribution in [0.1, 0.15) is 34.6 Å². The Bertz CT molecular complexity index is 466. The molecule has 8 heteroatoms. The van der Waals surface area contributed by atoms with E-state index in [1.165, 1.54) is 12.1 Å². The fourth-order valence-electron chi connectivity index (χ4n) is 1.07. The molecule has 6 N–H and O–H groups in total. The molecule has 0 bridgehead atoms. The van der Waals surface area contributed by atoms with Crippen LogP contribution in [0.25, 0.3) is 0 Å². The van der Waals surface area contributed by atoms with Gasteiger partial charge in [-0.1, -0.05) is 12.1 Å². The molecular formula is C15H27BN2O5. The zero-order valence-corrected chi connectivity index (χ0v) is 14.3. The predicted octanol–water partition coefficient (Wildman–Crippen LogP) is 0.0360. The molecule has 1 aromatic carbocycles. The van der Waals surface area contributed by atoms with E-state index in [2.05, 4.69) is 10.6 Å². The van der Waals surface area contributed by atoms with E-state index >= 15 is 0 Å². The van der Waals surface area contributed by atoms with Crippen LogP contribution in [-0.4, -0.2) is 51.2 Å². The Kier molecular flexibility index (Phi) is 8.26. The van der Waals surface area contributed by atoms with Crippen LogP contribution in [0.3, 0.4) is 0 Å². The van der Waals surface area contributed by atoms with Gasteiger partial charge in [0.15, 0.2) is 0 Å². The molecule has 0 atom stereocenters. The standard InChI is InChI=1S/C9H13BN2O3.C6H14O2/c1-2-11-9(13)12-8-5-3-7(4-6-8)10(14)15;1-5(2,7)6(3,4)8/h3-6,14-15H,2H2,1H3,(H2,11,12,13);7-8H,1-4H3. The van der Waals surface area contributed by atoms with E-state index in [0.717, 1.165) is 0 Å². The molecule has 23 heavy (non-hydrogen) atoms. The van der Waals surface area contributed by atoms with Crippen molar-refractivity contribution in [3.63, 3.8) is 0 Å². The summed E-state index contributed by atoms with van der Waals surface area (Å²) < 4.78 is 0. The third kappa shape index (κ3) is 8.56. The van der Waals surface area contributed by atoms with Crippen molar-refractivity contribution in [2.24, 2.45) is 0 Å². The first-order valence-electron chi connectivity index (χ1n) is 7.34. The molecule has 0 aliphatic heterocycles. The molecule has 0 aromatic heterocycles. The third-order valence-corrected chi connectivity index (χ3v) is 3.30. The summed E-state index contributed by atoms with van der Waals surface area (Å²) in [5.41, 5.74) is -1.03. The first-order chi connectivity index (χ1) is 10.4. The van der Waals surface area contributed by atoms with Crippen LogP contribution in [0, 0.1) is 0 Å². The van der Waals surface area contributed by atoms with E-state index in [4.69, 9.17) is 20.3 Å². The van der Waals surface area contributed by atoms with Crippen LogP contribution in [0.5, 0.6) is 0 Å². The summed E-state index contributed by atoms with van der Waals surface area (Å²) in [7, 11) is -1.48. The maximum Gasteiger partial charge on any atom is 0.488 e. The van der Waals surface area contributed by atoms with Crippen molar-refractivity contribution in [2.75, 3.05) is 11.9 Å². The highest BCUT2D eigenvalue weighted by molar-refractivity contribution is 6.58. The molecule has 0 spiro atoms. The highest BCUT2D eigenvalue weighted by Crippen LogP contribution is 2.19. The summed E-state index contributed by atoms with van der Waals surface area (Å²) in [5, 5.41) is 41.1. The second-order valence-corrected chi connectivity index (χ2v) is 6.10. The minimum atomic E-state index is -1.48. The Labute approximate surface area is 137 Å². The second kappa shape index (κ2) is 8.88. The van der Waals surface area contributed by atoms with Crippen molar-refractivity contribution < 1.29 is 25.1 Å². The molecular weight excluding hydrogens is 299 g/mol. The SMILES string of the molecule is CC(C)(O)C(C)(C)O.CCNC(=O)Nc1ccc(B(O)O)cc1. The number of rotatable bonds is 4. The topological polar surface area (TPSA) is 122 Å². The molecule has 0 saturated carbocycles. The molecule has 0 aliphatic rings. The van der Waals surface area contributed by atoms with E-state index in [0.29, 0.717) is 17.7 Å². The molecule has 0 heterocycles. The summed E-state index contributed by atoms with van der Waals surface area (Å²) >= 11 is 0. The van der Waals surface area contributed by atoms with Crippen LogP contribution in [0.2, 0.25) is 0 Å². The first kappa shape index (κ1) is 21.4. The Balaban J connectivity index is 0.000000515. The van der Waals surface area contributed by atoms with E-state index in [1.54, 1.807) is 39.8 Å². The zero-order chi connectivity index (χ0) is 18.3. The van der Waals surface area contributed by atoms with Gasteiger partial charge in [0.2, 0.25) is 0 Å². The van der Waals surface area contributed by atoms with Gasteiger partial charge < -0.3 is 30.9 Å². The average molecular weight is 326 g/mol. The summed E-state index contributed by atoms with van der Waals surface area (Å²) in [6.07, 6.45) is 0. The molecule has 2 amide bonds. The molecule has 1 aromatic rings. The van der Waals surface area contributed by atoms with Crippen LogP contribution in [0.4, 0.5) is 10.5 Å². The smallest absolute Gasteiger partial charge is 0.423 e. The Hall–Kier alpha value is -1.61. The summed E-state index contributed by atoms with van der Waals surface area (Å²) in [6.45, 7) is 8.68. The summed E-state index contributed by atoms with van der Waals surface area (Å²) in [5.74, 6) is 0. The van der Waals surface area contributed by atoms with Crippen molar-refractivity contribution in [2.45, 2.75) is 45.8 Å². The van der Waals surface area contributed by atoms with Crippen LogP contribution in [-0.2, 0) is 0 Å². The van der Waals surface area contributed by atoms with E-state index in [-0.39, 0.29) is 6.03 Å². The predicted molar refractivity (Wildman–Crippen MR) is 91.6 cm³/mol. The maximum absolute atomic E-state index is 11.1. The number of carbonyl (C=O) groups excluding carboxylic acids is 1. The lowest BCUT2D eigenvalue weighted by atomic mass is 9.80. The highest BCUT2D eigenvalue weighted by atomic mass is 16.4. The van der Waals surface area contributed by atoms with Crippen molar-refractivity contribution >= 4 is 24.3 Å². The first-order valence-corrected chi connectivity index (χ1v) is 7.34. The van der Waals surface area contributed by atoms with Crippen molar-refractivity contribution in [3.8, 4) is 0 Å². The Morgan fingerprint density at radius 3 is 1.78 bits per heavy atom. The van der Waals surface area contributed by atoms with Gasteiger partial charge in [0.25, 0.3) is 0 Å². The van der Waals surface area contributed by atoms with Gasteiger partial charge in [-0.15, -0.1) is 0 Å². The highest BCUT2D eigenvalue weighted by Gasteiger charge is 2.31. The molecule has 0 saturated heterocycles. The Morgan fingerprint density at radius 1 is 1.04 bits per heavy atom. The van der Waals surface area contributed by atoms with Gasteiger partial charge in [-0.05, 0) is 52.2 Å². The Morgan fingerprint density at radius 2 is 1.48 bits per heavy atom. The van der Waals surface area contributed by atoms with Gasteiger partial charge >= 0.3 is 13.1 Å². The third-order valence-electron chi connectivity index (χ3n) is 3.30. The lowest BCUT2D eigenvalue weighted by Crippen LogP contribution is -2.44. The van der Waals surface area contributed by atoms with Crippen molar-refractivity contribution in [1.82, 2.24) is 5.32 Å². The molecule has 0 unspecified atom stereocenters. The van der Waals surface area contributed by atoms with Crippen molar-refractivity contribution in [1.29, 1.82) is 0 Å². The van der Waals surface area contributed by atoms with Crippen LogP contribution in [0.15, 0.2) is 24.3 Å². The number of urea groups is 1. The van der Waals surface area contributed by atoms with Gasteiger partial charge in [0.1, 0.15) is 0 Å². The van der Waals surface area contributed by atoms with E-state index in [1.807, 2.05) is 6.92 Å². The van der Waals surface area contributed by atoms with Gasteiger partial charge in [-0.3, -0.25) is 0 Å².